The molecule has 2 aromatic heterocycles. The van der Waals surface area contributed by atoms with E-state index in [9.17, 15) is 4.79 Å². The largest absolute Gasteiger partial charge is 0.493 e. The van der Waals surface area contributed by atoms with Crippen molar-refractivity contribution >= 4 is 17.0 Å². The predicted octanol–water partition coefficient (Wildman–Crippen LogP) is 4.87. The van der Waals surface area contributed by atoms with Crippen LogP contribution in [0.15, 0.2) is 70.6 Å². The fraction of sp³-hybridized carbons (Fsp3) is 0.472. The van der Waals surface area contributed by atoms with E-state index < -0.39 is 0 Å². The summed E-state index contributed by atoms with van der Waals surface area (Å²) in [5, 5.41) is 4.27. The zero-order chi connectivity index (χ0) is 33.5. The van der Waals surface area contributed by atoms with E-state index in [-0.39, 0.29) is 27.9 Å². The number of nitrogens with zero attached hydrogens (tertiary/aromatic N) is 3. The molecule has 0 radical (unpaired) electrons. The highest BCUT2D eigenvalue weighted by molar-refractivity contribution is 5.76. The van der Waals surface area contributed by atoms with Crippen molar-refractivity contribution in [1.82, 2.24) is 19.9 Å². The molecule has 2 heterocycles. The Hall–Kier alpha value is -4.15. The molecule has 4 aromatic rings. The van der Waals surface area contributed by atoms with Crippen LogP contribution in [0.5, 0.6) is 5.75 Å². The van der Waals surface area contributed by atoms with Gasteiger partial charge in [0.1, 0.15) is 11.4 Å². The first-order valence-electron chi connectivity index (χ1n) is 16.1. The number of aromatic nitrogens is 3. The van der Waals surface area contributed by atoms with Gasteiger partial charge in [0.05, 0.1) is 12.3 Å². The van der Waals surface area contributed by atoms with Gasteiger partial charge in [0, 0.05) is 47.7 Å². The van der Waals surface area contributed by atoms with Crippen LogP contribution in [0.2, 0.25) is 0 Å². The molecule has 1 saturated carbocycles. The first-order chi connectivity index (χ1) is 21.7. The Morgan fingerprint density at radius 1 is 1.04 bits per heavy atom. The molecule has 0 saturated heterocycles. The third-order valence-corrected chi connectivity index (χ3v) is 8.30. The standard InChI is InChI=1S/C21H29N7O.C15H23NO/c1-21(2,3)17-11-15-13-28(20(29)27-18(15)26-17)16-7-5-14(6-8-16)12-24-9-4-10-25-19(22)23;1-14(2,3)12-5-4-6-13(9-12)17-11-15(10-16)7-8-15/h5-8,11,13,24H,4,9-10,12H2,1-3H3,(H4,22,23,25)(H,26,27,29);4-6,9H,7-8,10-11,16H2,1-3H3. The number of fused-ring (bicyclic) bond motifs is 1. The Morgan fingerprint density at radius 3 is 2.37 bits per heavy atom. The molecule has 248 valence electrons. The first kappa shape index (κ1) is 34.7. The molecule has 5 rings (SSSR count). The summed E-state index contributed by atoms with van der Waals surface area (Å²) in [6.45, 7) is 16.7. The van der Waals surface area contributed by atoms with Crippen molar-refractivity contribution < 1.29 is 4.74 Å². The quantitative estimate of drug-likeness (QED) is 0.0899. The van der Waals surface area contributed by atoms with Crippen LogP contribution in [0.4, 0.5) is 0 Å². The summed E-state index contributed by atoms with van der Waals surface area (Å²) in [5.74, 6) is 1.09. The van der Waals surface area contributed by atoms with E-state index in [0.717, 1.165) is 60.7 Å². The predicted molar refractivity (Wildman–Crippen MR) is 189 cm³/mol. The molecular formula is C36H52N8O2. The van der Waals surface area contributed by atoms with E-state index in [0.29, 0.717) is 12.2 Å². The van der Waals surface area contributed by atoms with E-state index in [1.165, 1.54) is 18.4 Å². The van der Waals surface area contributed by atoms with Crippen molar-refractivity contribution in [2.45, 2.75) is 78.2 Å². The molecule has 0 aliphatic heterocycles. The second-order valence-corrected chi connectivity index (χ2v) is 14.4. The lowest BCUT2D eigenvalue weighted by Gasteiger charge is -2.20. The molecule has 1 aliphatic carbocycles. The maximum Gasteiger partial charge on any atom is 0.354 e. The van der Waals surface area contributed by atoms with Crippen LogP contribution in [-0.2, 0) is 17.4 Å². The number of nitrogens with two attached hydrogens (primary N) is 3. The molecule has 0 spiro atoms. The SMILES string of the molecule is CC(C)(C)c1cc2cn(-c3ccc(CNCCCN=C(N)N)cc3)c(=O)nc2[nH]1.CC(C)(C)c1cccc(OCC2(CN)CC2)c1. The van der Waals surface area contributed by atoms with Gasteiger partial charge >= 0.3 is 5.69 Å². The van der Waals surface area contributed by atoms with Crippen LogP contribution in [0.3, 0.4) is 0 Å². The lowest BCUT2D eigenvalue weighted by molar-refractivity contribution is 0.238. The molecule has 10 heteroatoms. The van der Waals surface area contributed by atoms with Gasteiger partial charge in [-0.05, 0) is 72.7 Å². The van der Waals surface area contributed by atoms with Crippen molar-refractivity contribution in [3.05, 3.63) is 88.1 Å². The van der Waals surface area contributed by atoms with Crippen LogP contribution < -0.4 is 32.9 Å². The van der Waals surface area contributed by atoms with Crippen molar-refractivity contribution in [3.8, 4) is 11.4 Å². The molecule has 1 aliphatic rings. The monoisotopic (exact) mass is 628 g/mol. The minimum absolute atomic E-state index is 0.0352. The lowest BCUT2D eigenvalue weighted by atomic mass is 9.87. The second-order valence-electron chi connectivity index (χ2n) is 14.4. The molecule has 2 aromatic carbocycles. The van der Waals surface area contributed by atoms with Crippen LogP contribution in [-0.4, -0.2) is 46.7 Å². The molecular weight excluding hydrogens is 576 g/mol. The molecule has 46 heavy (non-hydrogen) atoms. The summed E-state index contributed by atoms with van der Waals surface area (Å²) in [6.07, 6.45) is 5.13. The van der Waals surface area contributed by atoms with Crippen LogP contribution >= 0.6 is 0 Å². The fourth-order valence-corrected chi connectivity index (χ4v) is 4.88. The van der Waals surface area contributed by atoms with E-state index in [1.54, 1.807) is 4.57 Å². The second kappa shape index (κ2) is 14.5. The van der Waals surface area contributed by atoms with E-state index in [4.69, 9.17) is 21.9 Å². The van der Waals surface area contributed by atoms with E-state index in [2.05, 4.69) is 86.1 Å². The van der Waals surface area contributed by atoms with Crippen molar-refractivity contribution in [1.29, 1.82) is 0 Å². The van der Waals surface area contributed by atoms with Gasteiger partial charge in [-0.15, -0.1) is 0 Å². The van der Waals surface area contributed by atoms with Gasteiger partial charge in [-0.2, -0.15) is 4.98 Å². The summed E-state index contributed by atoms with van der Waals surface area (Å²) in [6, 6.07) is 18.3. The molecule has 0 atom stereocenters. The number of ether oxygens (including phenoxy) is 1. The highest BCUT2D eigenvalue weighted by atomic mass is 16.5. The zero-order valence-electron chi connectivity index (χ0n) is 28.3. The topological polar surface area (TPSA) is 162 Å². The number of benzene rings is 2. The van der Waals surface area contributed by atoms with Gasteiger partial charge in [-0.25, -0.2) is 4.79 Å². The highest BCUT2D eigenvalue weighted by Gasteiger charge is 2.42. The summed E-state index contributed by atoms with van der Waals surface area (Å²) < 4.78 is 7.46. The zero-order valence-corrected chi connectivity index (χ0v) is 28.3. The first-order valence-corrected chi connectivity index (χ1v) is 16.1. The minimum atomic E-state index is -0.301. The smallest absolute Gasteiger partial charge is 0.354 e. The minimum Gasteiger partial charge on any atom is -0.493 e. The lowest BCUT2D eigenvalue weighted by Crippen LogP contribution is -2.23. The summed E-state index contributed by atoms with van der Waals surface area (Å²) in [4.78, 5) is 23.9. The number of aromatic amines is 1. The Morgan fingerprint density at radius 2 is 1.76 bits per heavy atom. The normalized spacial score (nSPS) is 14.0. The maximum absolute atomic E-state index is 12.5. The molecule has 0 amide bonds. The third kappa shape index (κ3) is 9.67. The van der Waals surface area contributed by atoms with Crippen LogP contribution in [0.25, 0.3) is 16.7 Å². The number of nitrogens with one attached hydrogen (secondary N) is 2. The van der Waals surface area contributed by atoms with Crippen LogP contribution in [0, 0.1) is 5.41 Å². The molecule has 0 unspecified atom stereocenters. The Bertz CT molecular complexity index is 1670. The average Bonchev–Trinajstić information content (AvgIpc) is 3.67. The number of aliphatic imine (C=N–C) groups is 1. The van der Waals surface area contributed by atoms with E-state index in [1.807, 2.05) is 36.5 Å². The van der Waals surface area contributed by atoms with Crippen molar-refractivity contribution in [3.63, 3.8) is 0 Å². The van der Waals surface area contributed by atoms with Gasteiger partial charge in [-0.1, -0.05) is 65.8 Å². The molecule has 1 fully saturated rings. The highest BCUT2D eigenvalue weighted by Crippen LogP contribution is 2.44. The van der Waals surface area contributed by atoms with Crippen LogP contribution in [0.1, 0.15) is 77.6 Å². The Labute approximate surface area is 272 Å². The molecule has 0 bridgehead atoms. The third-order valence-electron chi connectivity index (χ3n) is 8.30. The maximum atomic E-state index is 12.5. The summed E-state index contributed by atoms with van der Waals surface area (Å²) in [5.41, 5.74) is 21.4. The Balaban J connectivity index is 0.000000240. The van der Waals surface area contributed by atoms with Gasteiger partial charge in [0.25, 0.3) is 0 Å². The number of H-pyrrole nitrogens is 1. The van der Waals surface area contributed by atoms with Gasteiger partial charge in [0.15, 0.2) is 5.96 Å². The average molecular weight is 629 g/mol. The number of guanidine groups is 1. The Kier molecular flexibility index (Phi) is 11.0. The van der Waals surface area contributed by atoms with Gasteiger partial charge in [0.2, 0.25) is 0 Å². The molecule has 8 N–H and O–H groups in total. The van der Waals surface area contributed by atoms with Gasteiger partial charge < -0.3 is 32.2 Å². The van der Waals surface area contributed by atoms with Gasteiger partial charge in [-0.3, -0.25) is 9.56 Å². The number of rotatable bonds is 11. The van der Waals surface area contributed by atoms with Crippen molar-refractivity contribution in [2.24, 2.45) is 27.6 Å². The molecule has 10 nitrogen and oxygen atoms in total. The number of hydrogen-bond acceptors (Lipinski definition) is 6. The fourth-order valence-electron chi connectivity index (χ4n) is 4.88. The van der Waals surface area contributed by atoms with Crippen molar-refractivity contribution in [2.75, 3.05) is 26.2 Å². The summed E-state index contributed by atoms with van der Waals surface area (Å²) >= 11 is 0. The number of hydrogen-bond donors (Lipinski definition) is 5. The summed E-state index contributed by atoms with van der Waals surface area (Å²) in [7, 11) is 0. The van der Waals surface area contributed by atoms with E-state index >= 15 is 0 Å².